The summed E-state index contributed by atoms with van der Waals surface area (Å²) in [5.74, 6) is 2.32. The smallest absolute Gasteiger partial charge is 0.129 e. The van der Waals surface area contributed by atoms with Gasteiger partial charge in [-0.15, -0.1) is 0 Å². The van der Waals surface area contributed by atoms with Gasteiger partial charge in [-0.05, 0) is 40.9 Å². The van der Waals surface area contributed by atoms with Crippen molar-refractivity contribution in [1.82, 2.24) is 0 Å². The minimum absolute atomic E-state index is 0.377. The predicted molar refractivity (Wildman–Crippen MR) is 96.2 cm³/mol. The highest BCUT2D eigenvalue weighted by molar-refractivity contribution is 5.58. The van der Waals surface area contributed by atoms with E-state index in [1.807, 2.05) is 18.2 Å². The SMILES string of the molecule is CC(C)c1ccc2c(c1OCc1ccccc1)C(O)(C1CC1C)C2. The van der Waals surface area contributed by atoms with Crippen LogP contribution in [0, 0.1) is 11.8 Å². The largest absolute Gasteiger partial charge is 0.488 e. The molecule has 0 heterocycles. The van der Waals surface area contributed by atoms with Crippen LogP contribution < -0.4 is 4.74 Å². The van der Waals surface area contributed by atoms with Crippen molar-refractivity contribution in [2.45, 2.75) is 51.7 Å². The van der Waals surface area contributed by atoms with Gasteiger partial charge in [0, 0.05) is 12.0 Å². The van der Waals surface area contributed by atoms with Gasteiger partial charge in [0.05, 0.1) is 0 Å². The fourth-order valence-electron chi connectivity index (χ4n) is 4.18. The van der Waals surface area contributed by atoms with Gasteiger partial charge in [0.25, 0.3) is 0 Å². The standard InChI is InChI=1S/C22H26O2/c1-14(2)18-10-9-17-12-22(23,19-11-15(19)3)20(17)21(18)24-13-16-7-5-4-6-8-16/h4-10,14-15,19,23H,11-13H2,1-3H3. The van der Waals surface area contributed by atoms with Crippen molar-refractivity contribution in [3.8, 4) is 5.75 Å². The van der Waals surface area contributed by atoms with E-state index >= 15 is 0 Å². The first-order valence-corrected chi connectivity index (χ1v) is 9.06. The zero-order chi connectivity index (χ0) is 16.9. The number of ether oxygens (including phenoxy) is 1. The first kappa shape index (κ1) is 15.7. The van der Waals surface area contributed by atoms with Crippen molar-refractivity contribution in [3.63, 3.8) is 0 Å². The minimum Gasteiger partial charge on any atom is -0.488 e. The van der Waals surface area contributed by atoms with E-state index in [0.717, 1.165) is 29.7 Å². The van der Waals surface area contributed by atoms with E-state index in [4.69, 9.17) is 4.74 Å². The molecule has 126 valence electrons. The van der Waals surface area contributed by atoms with Crippen LogP contribution in [0.2, 0.25) is 0 Å². The molecule has 0 spiro atoms. The van der Waals surface area contributed by atoms with Crippen LogP contribution in [-0.4, -0.2) is 5.11 Å². The van der Waals surface area contributed by atoms with Gasteiger partial charge in [-0.25, -0.2) is 0 Å². The fourth-order valence-corrected chi connectivity index (χ4v) is 4.18. The molecule has 2 heteroatoms. The summed E-state index contributed by atoms with van der Waals surface area (Å²) in [6.45, 7) is 7.16. The van der Waals surface area contributed by atoms with Crippen LogP contribution in [0.5, 0.6) is 5.75 Å². The highest BCUT2D eigenvalue weighted by Crippen LogP contribution is 2.60. The Morgan fingerprint density at radius 1 is 1.17 bits per heavy atom. The Kier molecular flexibility index (Phi) is 3.69. The number of rotatable bonds is 5. The lowest BCUT2D eigenvalue weighted by Crippen LogP contribution is -2.42. The molecule has 2 aromatic carbocycles. The van der Waals surface area contributed by atoms with Gasteiger partial charge in [0.2, 0.25) is 0 Å². The number of aliphatic hydroxyl groups is 1. The summed E-state index contributed by atoms with van der Waals surface area (Å²) in [7, 11) is 0. The molecule has 1 saturated carbocycles. The molecule has 0 amide bonds. The van der Waals surface area contributed by atoms with Crippen molar-refractivity contribution in [2.24, 2.45) is 11.8 Å². The maximum Gasteiger partial charge on any atom is 0.129 e. The van der Waals surface area contributed by atoms with Crippen molar-refractivity contribution in [3.05, 3.63) is 64.7 Å². The molecule has 0 bridgehead atoms. The van der Waals surface area contributed by atoms with E-state index in [2.05, 4.69) is 45.0 Å². The molecule has 1 N–H and O–H groups in total. The molecule has 2 nitrogen and oxygen atoms in total. The normalized spacial score (nSPS) is 27.5. The van der Waals surface area contributed by atoms with Crippen LogP contribution in [0.4, 0.5) is 0 Å². The number of hydrogen-bond donors (Lipinski definition) is 1. The van der Waals surface area contributed by atoms with E-state index in [1.54, 1.807) is 0 Å². The molecule has 0 aliphatic heterocycles. The number of benzene rings is 2. The van der Waals surface area contributed by atoms with Gasteiger partial charge in [0.15, 0.2) is 0 Å². The van der Waals surface area contributed by atoms with Crippen LogP contribution in [0.15, 0.2) is 42.5 Å². The second-order valence-electron chi connectivity index (χ2n) is 7.87. The summed E-state index contributed by atoms with van der Waals surface area (Å²) < 4.78 is 6.30. The van der Waals surface area contributed by atoms with Crippen molar-refractivity contribution >= 4 is 0 Å². The monoisotopic (exact) mass is 322 g/mol. The molecular formula is C22H26O2. The van der Waals surface area contributed by atoms with Gasteiger partial charge < -0.3 is 9.84 Å². The minimum atomic E-state index is -0.675. The lowest BCUT2D eigenvalue weighted by atomic mass is 9.68. The molecule has 2 aliphatic carbocycles. The third-order valence-electron chi connectivity index (χ3n) is 5.74. The van der Waals surface area contributed by atoms with Crippen molar-refractivity contribution in [1.29, 1.82) is 0 Å². The van der Waals surface area contributed by atoms with Crippen LogP contribution in [0.3, 0.4) is 0 Å². The van der Waals surface area contributed by atoms with E-state index in [0.29, 0.717) is 24.4 Å². The molecule has 2 aromatic rings. The lowest BCUT2D eigenvalue weighted by Gasteiger charge is -2.42. The second-order valence-corrected chi connectivity index (χ2v) is 7.87. The van der Waals surface area contributed by atoms with Crippen LogP contribution >= 0.6 is 0 Å². The summed E-state index contributed by atoms with van der Waals surface area (Å²) >= 11 is 0. The Bertz CT molecular complexity index is 750. The Labute approximate surface area is 144 Å². The Balaban J connectivity index is 1.70. The number of fused-ring (bicyclic) bond motifs is 1. The predicted octanol–water partition coefficient (Wildman–Crippen LogP) is 4.79. The summed E-state index contributed by atoms with van der Waals surface area (Å²) in [5, 5.41) is 11.3. The van der Waals surface area contributed by atoms with Crippen LogP contribution in [-0.2, 0) is 18.6 Å². The maximum atomic E-state index is 11.3. The molecule has 24 heavy (non-hydrogen) atoms. The van der Waals surface area contributed by atoms with E-state index in [1.165, 1.54) is 11.1 Å². The second kappa shape index (κ2) is 5.63. The summed E-state index contributed by atoms with van der Waals surface area (Å²) in [6.07, 6.45) is 1.90. The Morgan fingerprint density at radius 3 is 2.50 bits per heavy atom. The van der Waals surface area contributed by atoms with Gasteiger partial charge in [-0.2, -0.15) is 0 Å². The average Bonchev–Trinajstić information content (AvgIpc) is 3.29. The zero-order valence-corrected chi connectivity index (χ0v) is 14.8. The lowest BCUT2D eigenvalue weighted by molar-refractivity contribution is -0.0181. The molecule has 0 radical (unpaired) electrons. The van der Waals surface area contributed by atoms with Crippen LogP contribution in [0.1, 0.15) is 55.4 Å². The fraction of sp³-hybridized carbons (Fsp3) is 0.455. The van der Waals surface area contributed by atoms with E-state index < -0.39 is 5.60 Å². The Morgan fingerprint density at radius 2 is 1.88 bits per heavy atom. The molecule has 2 aliphatic rings. The molecule has 3 unspecified atom stereocenters. The van der Waals surface area contributed by atoms with Crippen molar-refractivity contribution in [2.75, 3.05) is 0 Å². The molecule has 0 aromatic heterocycles. The van der Waals surface area contributed by atoms with E-state index in [-0.39, 0.29) is 0 Å². The third kappa shape index (κ3) is 2.44. The molecule has 0 saturated heterocycles. The topological polar surface area (TPSA) is 29.5 Å². The average molecular weight is 322 g/mol. The highest BCUT2D eigenvalue weighted by Gasteiger charge is 2.57. The first-order chi connectivity index (χ1) is 11.5. The molecule has 1 fully saturated rings. The maximum absolute atomic E-state index is 11.3. The molecular weight excluding hydrogens is 296 g/mol. The van der Waals surface area contributed by atoms with Gasteiger partial charge in [-0.3, -0.25) is 0 Å². The van der Waals surface area contributed by atoms with Gasteiger partial charge in [-0.1, -0.05) is 63.2 Å². The van der Waals surface area contributed by atoms with Gasteiger partial charge >= 0.3 is 0 Å². The van der Waals surface area contributed by atoms with E-state index in [9.17, 15) is 5.11 Å². The van der Waals surface area contributed by atoms with Crippen LogP contribution in [0.25, 0.3) is 0 Å². The Hall–Kier alpha value is -1.80. The third-order valence-corrected chi connectivity index (χ3v) is 5.74. The quantitative estimate of drug-likeness (QED) is 0.857. The highest BCUT2D eigenvalue weighted by atomic mass is 16.5. The summed E-state index contributed by atoms with van der Waals surface area (Å²) in [5.41, 5.74) is 4.01. The summed E-state index contributed by atoms with van der Waals surface area (Å²) in [4.78, 5) is 0. The summed E-state index contributed by atoms with van der Waals surface area (Å²) in [6, 6.07) is 14.6. The first-order valence-electron chi connectivity index (χ1n) is 9.06. The molecule has 4 rings (SSSR count). The van der Waals surface area contributed by atoms with Crippen molar-refractivity contribution < 1.29 is 9.84 Å². The number of hydrogen-bond acceptors (Lipinski definition) is 2. The zero-order valence-electron chi connectivity index (χ0n) is 14.8. The molecule has 3 atom stereocenters. The van der Waals surface area contributed by atoms with Gasteiger partial charge in [0.1, 0.15) is 18.0 Å².